The Morgan fingerprint density at radius 2 is 2.10 bits per heavy atom. The highest BCUT2D eigenvalue weighted by Crippen LogP contribution is 2.39. The van der Waals surface area contributed by atoms with Crippen molar-refractivity contribution in [2.24, 2.45) is 0 Å². The van der Waals surface area contributed by atoms with Crippen molar-refractivity contribution >= 4 is 50.3 Å². The van der Waals surface area contributed by atoms with E-state index in [0.29, 0.717) is 18.1 Å². The first-order valence-electron chi connectivity index (χ1n) is 5.79. The summed E-state index contributed by atoms with van der Waals surface area (Å²) in [6.45, 7) is 0.379. The maximum Gasteiger partial charge on any atom is 0.169 e. The van der Waals surface area contributed by atoms with Gasteiger partial charge in [-0.1, -0.05) is 11.6 Å². The molecule has 0 aromatic heterocycles. The van der Waals surface area contributed by atoms with E-state index in [1.807, 2.05) is 0 Å². The average Bonchev–Trinajstić information content (AvgIpc) is 2.35. The monoisotopic (exact) mass is 339 g/mol. The smallest absolute Gasteiger partial charge is 0.169 e. The van der Waals surface area contributed by atoms with Gasteiger partial charge >= 0.3 is 0 Å². The SMILES string of the molecule is CS(=O)(=O)C1CSCCN1c1c(N)cc(N)c(Cl)c1F. The van der Waals surface area contributed by atoms with Crippen LogP contribution in [0.15, 0.2) is 6.07 Å². The van der Waals surface area contributed by atoms with Gasteiger partial charge in [0.15, 0.2) is 15.7 Å². The Morgan fingerprint density at radius 1 is 1.45 bits per heavy atom. The number of anilines is 3. The number of hydrogen-bond acceptors (Lipinski definition) is 6. The minimum Gasteiger partial charge on any atom is -0.397 e. The second-order valence-corrected chi connectivity index (χ2v) is 8.32. The Balaban J connectivity index is 2.57. The van der Waals surface area contributed by atoms with E-state index >= 15 is 0 Å². The molecule has 0 radical (unpaired) electrons. The molecule has 4 N–H and O–H groups in total. The lowest BCUT2D eigenvalue weighted by Crippen LogP contribution is -2.47. The number of thioether (sulfide) groups is 1. The summed E-state index contributed by atoms with van der Waals surface area (Å²) < 4.78 is 38.1. The molecule has 1 unspecified atom stereocenters. The van der Waals surface area contributed by atoms with E-state index in [0.717, 1.165) is 6.26 Å². The van der Waals surface area contributed by atoms with Gasteiger partial charge in [0.05, 0.1) is 17.1 Å². The second kappa shape index (κ2) is 5.50. The molecule has 0 spiro atoms. The van der Waals surface area contributed by atoms with Crippen LogP contribution in [0.5, 0.6) is 0 Å². The summed E-state index contributed by atoms with van der Waals surface area (Å²) in [5, 5.41) is -1.06. The average molecular weight is 340 g/mol. The number of nitrogens with two attached hydrogens (primary N) is 2. The van der Waals surface area contributed by atoms with Gasteiger partial charge in [-0.05, 0) is 6.07 Å². The summed E-state index contributed by atoms with van der Waals surface area (Å²) in [7, 11) is -3.37. The van der Waals surface area contributed by atoms with Gasteiger partial charge in [-0.15, -0.1) is 0 Å². The molecule has 1 saturated heterocycles. The van der Waals surface area contributed by atoms with Gasteiger partial charge < -0.3 is 16.4 Å². The van der Waals surface area contributed by atoms with E-state index in [9.17, 15) is 12.8 Å². The summed E-state index contributed by atoms with van der Waals surface area (Å²) >= 11 is 7.30. The van der Waals surface area contributed by atoms with E-state index in [1.54, 1.807) is 0 Å². The van der Waals surface area contributed by atoms with Crippen LogP contribution in [0.25, 0.3) is 0 Å². The lowest BCUT2D eigenvalue weighted by Gasteiger charge is -2.36. The number of halogens is 2. The van der Waals surface area contributed by atoms with Gasteiger partial charge in [0, 0.05) is 24.3 Å². The Labute approximate surface area is 126 Å². The predicted octanol–water partition coefficient (Wildman–Crippen LogP) is 1.57. The molecule has 0 bridgehead atoms. The fraction of sp³-hybridized carbons (Fsp3) is 0.455. The Kier molecular flexibility index (Phi) is 4.27. The summed E-state index contributed by atoms with van der Waals surface area (Å²) in [6.07, 6.45) is 1.13. The van der Waals surface area contributed by atoms with E-state index in [4.69, 9.17) is 23.1 Å². The van der Waals surface area contributed by atoms with Gasteiger partial charge in [-0.25, -0.2) is 12.8 Å². The molecule has 1 fully saturated rings. The van der Waals surface area contributed by atoms with Gasteiger partial charge in [-0.3, -0.25) is 0 Å². The summed E-state index contributed by atoms with van der Waals surface area (Å²) in [6, 6.07) is 1.35. The molecule has 1 heterocycles. The van der Waals surface area contributed by atoms with Crippen molar-refractivity contribution in [3.8, 4) is 0 Å². The van der Waals surface area contributed by atoms with E-state index in [1.165, 1.54) is 22.7 Å². The zero-order chi connectivity index (χ0) is 15.1. The first kappa shape index (κ1) is 15.5. The van der Waals surface area contributed by atoms with Crippen molar-refractivity contribution in [3.63, 3.8) is 0 Å². The molecule has 9 heteroatoms. The molecular weight excluding hydrogens is 325 g/mol. The van der Waals surface area contributed by atoms with E-state index in [-0.39, 0.29) is 22.1 Å². The van der Waals surface area contributed by atoms with Crippen LogP contribution in [0.2, 0.25) is 5.02 Å². The minimum absolute atomic E-state index is 0.0138. The van der Waals surface area contributed by atoms with Crippen LogP contribution in [-0.2, 0) is 9.84 Å². The molecule has 5 nitrogen and oxygen atoms in total. The lowest BCUT2D eigenvalue weighted by molar-refractivity contribution is 0.579. The fourth-order valence-electron chi connectivity index (χ4n) is 2.14. The summed E-state index contributed by atoms with van der Waals surface area (Å²) in [5.74, 6) is 0.275. The Bertz CT molecular complexity index is 639. The molecule has 0 aliphatic carbocycles. The largest absolute Gasteiger partial charge is 0.397 e. The fourth-order valence-corrected chi connectivity index (χ4v) is 5.11. The van der Waals surface area contributed by atoms with Crippen LogP contribution in [0.4, 0.5) is 21.5 Å². The number of hydrogen-bond donors (Lipinski definition) is 2. The molecule has 112 valence electrons. The highest BCUT2D eigenvalue weighted by Gasteiger charge is 2.34. The first-order valence-corrected chi connectivity index (χ1v) is 9.28. The van der Waals surface area contributed by atoms with Crippen LogP contribution >= 0.6 is 23.4 Å². The number of benzene rings is 1. The molecule has 1 aliphatic rings. The van der Waals surface area contributed by atoms with Crippen LogP contribution in [0, 0.1) is 5.82 Å². The third-order valence-electron chi connectivity index (χ3n) is 3.10. The second-order valence-electron chi connectivity index (χ2n) is 4.58. The minimum atomic E-state index is -3.37. The molecule has 0 amide bonds. The molecule has 2 rings (SSSR count). The van der Waals surface area contributed by atoms with Crippen LogP contribution < -0.4 is 16.4 Å². The van der Waals surface area contributed by atoms with Crippen molar-refractivity contribution in [2.75, 3.05) is 40.7 Å². The predicted molar refractivity (Wildman–Crippen MR) is 83.5 cm³/mol. The number of nitrogen functional groups attached to an aromatic ring is 2. The van der Waals surface area contributed by atoms with Crippen LogP contribution in [0.3, 0.4) is 0 Å². The zero-order valence-corrected chi connectivity index (χ0v) is 13.2. The van der Waals surface area contributed by atoms with Crippen molar-refractivity contribution < 1.29 is 12.8 Å². The number of sulfone groups is 1. The molecule has 0 saturated carbocycles. The van der Waals surface area contributed by atoms with Crippen LogP contribution in [0.1, 0.15) is 0 Å². The normalized spacial score (nSPS) is 20.1. The third kappa shape index (κ3) is 2.77. The highest BCUT2D eigenvalue weighted by molar-refractivity contribution is 8.01. The van der Waals surface area contributed by atoms with Gasteiger partial charge in [0.1, 0.15) is 10.4 Å². The van der Waals surface area contributed by atoms with Gasteiger partial charge in [0.25, 0.3) is 0 Å². The molecule has 1 aromatic carbocycles. The molecule has 1 aliphatic heterocycles. The first-order chi connectivity index (χ1) is 9.23. The van der Waals surface area contributed by atoms with Crippen molar-refractivity contribution in [2.45, 2.75) is 5.37 Å². The van der Waals surface area contributed by atoms with E-state index in [2.05, 4.69) is 0 Å². The third-order valence-corrected chi connectivity index (χ3v) is 6.13. The van der Waals surface area contributed by atoms with Crippen LogP contribution in [-0.4, -0.2) is 38.1 Å². The molecule has 1 aromatic rings. The maximum absolute atomic E-state index is 14.3. The topological polar surface area (TPSA) is 89.4 Å². The lowest BCUT2D eigenvalue weighted by atomic mass is 10.2. The molecular formula is C11H15ClFN3O2S2. The van der Waals surface area contributed by atoms with Crippen molar-refractivity contribution in [3.05, 3.63) is 16.9 Å². The maximum atomic E-state index is 14.3. The Morgan fingerprint density at radius 3 is 2.70 bits per heavy atom. The standard InChI is InChI=1S/C11H15ClFN3O2S2/c1-20(17,18)8-5-19-3-2-16(8)11-7(15)4-6(14)9(12)10(11)13/h4,8H,2-3,5,14-15H2,1H3. The number of rotatable bonds is 2. The van der Waals surface area contributed by atoms with E-state index < -0.39 is 21.0 Å². The summed E-state index contributed by atoms with van der Waals surface area (Å²) in [5.41, 5.74) is 11.5. The van der Waals surface area contributed by atoms with Gasteiger partial charge in [0.2, 0.25) is 0 Å². The molecule has 1 atom stereocenters. The van der Waals surface area contributed by atoms with Gasteiger partial charge in [-0.2, -0.15) is 11.8 Å². The zero-order valence-electron chi connectivity index (χ0n) is 10.8. The highest BCUT2D eigenvalue weighted by atomic mass is 35.5. The quantitative estimate of drug-likeness (QED) is 0.795. The number of nitrogens with zero attached hydrogens (tertiary/aromatic N) is 1. The summed E-state index contributed by atoms with van der Waals surface area (Å²) in [4.78, 5) is 1.46. The van der Waals surface area contributed by atoms with Crippen molar-refractivity contribution in [1.29, 1.82) is 0 Å². The molecule has 20 heavy (non-hydrogen) atoms. The Hall–Kier alpha value is -0.860. The van der Waals surface area contributed by atoms with Crippen molar-refractivity contribution in [1.82, 2.24) is 0 Å².